The zero-order valence-corrected chi connectivity index (χ0v) is 15.9. The number of hydrogen-bond donors (Lipinski definition) is 0. The van der Waals surface area contributed by atoms with Crippen LogP contribution in [0, 0.1) is 6.92 Å². The van der Waals surface area contributed by atoms with E-state index in [-0.39, 0.29) is 12.1 Å². The van der Waals surface area contributed by atoms with Gasteiger partial charge in [0.15, 0.2) is 0 Å². The monoisotopic (exact) mass is 363 g/mol. The van der Waals surface area contributed by atoms with Gasteiger partial charge in [0.1, 0.15) is 0 Å². The summed E-state index contributed by atoms with van der Waals surface area (Å²) < 4.78 is 34.5. The summed E-state index contributed by atoms with van der Waals surface area (Å²) in [4.78, 5) is 0.380. The second-order valence-corrected chi connectivity index (χ2v) is 9.01. The minimum Gasteiger partial charge on any atom is -0.377 e. The number of nitrogens with zero attached hydrogens (tertiary/aromatic N) is 1. The van der Waals surface area contributed by atoms with Crippen molar-refractivity contribution in [2.75, 3.05) is 13.2 Å². The van der Waals surface area contributed by atoms with Crippen molar-refractivity contribution in [3.8, 4) is 0 Å². The topological polar surface area (TPSA) is 46.6 Å². The maximum absolute atomic E-state index is 13.3. The third kappa shape index (κ3) is 4.52. The van der Waals surface area contributed by atoms with E-state index < -0.39 is 10.0 Å². The molecule has 0 radical (unpaired) electrons. The molecule has 1 aliphatic carbocycles. The minimum atomic E-state index is -3.53. The molecule has 1 saturated carbocycles. The van der Waals surface area contributed by atoms with Crippen LogP contribution in [0.1, 0.15) is 50.5 Å². The van der Waals surface area contributed by atoms with Gasteiger partial charge in [-0.1, -0.05) is 42.7 Å². The van der Waals surface area contributed by atoms with Crippen molar-refractivity contribution < 1.29 is 13.2 Å². The van der Waals surface area contributed by atoms with Crippen LogP contribution in [0.15, 0.2) is 41.3 Å². The van der Waals surface area contributed by atoms with E-state index in [4.69, 9.17) is 4.74 Å². The highest BCUT2D eigenvalue weighted by molar-refractivity contribution is 7.89. The molecule has 138 valence electrons. The molecular weight excluding hydrogens is 334 g/mol. The van der Waals surface area contributed by atoms with Gasteiger partial charge >= 0.3 is 0 Å². The molecule has 2 aliphatic rings. The Hall–Kier alpha value is -1.17. The molecule has 0 saturated heterocycles. The molecule has 3 rings (SSSR count). The number of hydrogen-bond acceptors (Lipinski definition) is 3. The molecule has 0 amide bonds. The number of aryl methyl sites for hydroxylation is 1. The second-order valence-electron chi connectivity index (χ2n) is 7.12. The smallest absolute Gasteiger partial charge is 0.243 e. The van der Waals surface area contributed by atoms with E-state index in [2.05, 4.69) is 6.08 Å². The van der Waals surface area contributed by atoms with Crippen LogP contribution in [0.3, 0.4) is 0 Å². The maximum atomic E-state index is 13.3. The molecular formula is C20H29NO3S. The van der Waals surface area contributed by atoms with Crippen molar-refractivity contribution in [3.05, 3.63) is 42.0 Å². The highest BCUT2D eigenvalue weighted by atomic mass is 32.2. The molecule has 0 N–H and O–H groups in total. The van der Waals surface area contributed by atoms with Gasteiger partial charge in [-0.05, 0) is 51.2 Å². The van der Waals surface area contributed by atoms with E-state index in [1.54, 1.807) is 16.4 Å². The van der Waals surface area contributed by atoms with E-state index in [1.807, 2.05) is 25.1 Å². The van der Waals surface area contributed by atoms with E-state index in [0.29, 0.717) is 11.4 Å². The molecule has 1 aromatic carbocycles. The fourth-order valence-corrected chi connectivity index (χ4v) is 5.38. The number of allylic oxidation sites excluding steroid dienone is 1. The first kappa shape index (κ1) is 18.6. The molecule has 1 aromatic rings. The zero-order valence-electron chi connectivity index (χ0n) is 15.1. The molecule has 1 heterocycles. The number of ether oxygens (including phenoxy) is 1. The Kier molecular flexibility index (Phi) is 6.31. The molecule has 4 nitrogen and oxygen atoms in total. The van der Waals surface area contributed by atoms with Crippen molar-refractivity contribution in [2.24, 2.45) is 0 Å². The summed E-state index contributed by atoms with van der Waals surface area (Å²) in [6, 6.07) is 7.10. The van der Waals surface area contributed by atoms with Gasteiger partial charge in [-0.25, -0.2) is 8.42 Å². The molecule has 1 aliphatic heterocycles. The minimum absolute atomic E-state index is 0.0143. The lowest BCUT2D eigenvalue weighted by Crippen LogP contribution is -2.49. The molecule has 5 heteroatoms. The van der Waals surface area contributed by atoms with Crippen molar-refractivity contribution in [2.45, 2.75) is 68.9 Å². The van der Waals surface area contributed by atoms with Gasteiger partial charge in [0.05, 0.1) is 17.0 Å². The van der Waals surface area contributed by atoms with Crippen LogP contribution in [0.5, 0.6) is 0 Å². The van der Waals surface area contributed by atoms with Gasteiger partial charge in [-0.3, -0.25) is 0 Å². The number of sulfonamides is 1. The van der Waals surface area contributed by atoms with Crippen LogP contribution in [0.25, 0.3) is 0 Å². The fraction of sp³-hybridized carbons (Fsp3) is 0.600. The Balaban J connectivity index is 1.94. The molecule has 25 heavy (non-hydrogen) atoms. The summed E-state index contributed by atoms with van der Waals surface area (Å²) in [7, 11) is -3.53. The van der Waals surface area contributed by atoms with Crippen molar-refractivity contribution in [1.82, 2.24) is 4.31 Å². The predicted molar refractivity (Wildman–Crippen MR) is 100 cm³/mol. The lowest BCUT2D eigenvalue weighted by Gasteiger charge is -2.38. The summed E-state index contributed by atoms with van der Waals surface area (Å²) in [6.45, 7) is 3.13. The van der Waals surface area contributed by atoms with Gasteiger partial charge in [0.25, 0.3) is 0 Å². The third-order valence-corrected chi connectivity index (χ3v) is 7.12. The molecule has 0 spiro atoms. The second kappa shape index (κ2) is 8.47. The van der Waals surface area contributed by atoms with Gasteiger partial charge in [-0.2, -0.15) is 4.31 Å². The maximum Gasteiger partial charge on any atom is 0.243 e. The van der Waals surface area contributed by atoms with Gasteiger partial charge in [0, 0.05) is 13.2 Å². The Morgan fingerprint density at radius 2 is 1.76 bits per heavy atom. The number of benzene rings is 1. The van der Waals surface area contributed by atoms with Crippen LogP contribution in [-0.4, -0.2) is 38.0 Å². The van der Waals surface area contributed by atoms with E-state index in [1.165, 1.54) is 0 Å². The molecule has 0 bridgehead atoms. The highest BCUT2D eigenvalue weighted by Gasteiger charge is 2.37. The van der Waals surface area contributed by atoms with Gasteiger partial charge in [0.2, 0.25) is 10.0 Å². The summed E-state index contributed by atoms with van der Waals surface area (Å²) in [6.07, 6.45) is 11.3. The first-order valence-electron chi connectivity index (χ1n) is 9.44. The summed E-state index contributed by atoms with van der Waals surface area (Å²) in [5, 5.41) is 0. The van der Waals surface area contributed by atoms with Crippen LogP contribution >= 0.6 is 0 Å². The largest absolute Gasteiger partial charge is 0.377 e. The highest BCUT2D eigenvalue weighted by Crippen LogP contribution is 2.30. The predicted octanol–water partition coefficient (Wildman–Crippen LogP) is 4.05. The van der Waals surface area contributed by atoms with Crippen LogP contribution in [0.4, 0.5) is 0 Å². The first-order valence-corrected chi connectivity index (χ1v) is 10.9. The van der Waals surface area contributed by atoms with E-state index in [0.717, 1.165) is 57.1 Å². The van der Waals surface area contributed by atoms with E-state index in [9.17, 15) is 8.42 Å². The Labute approximate surface area is 151 Å². The van der Waals surface area contributed by atoms with Crippen molar-refractivity contribution in [1.29, 1.82) is 0 Å². The van der Waals surface area contributed by atoms with Crippen molar-refractivity contribution in [3.63, 3.8) is 0 Å². The SMILES string of the molecule is Cc1ccc(S(=O)(=O)N2C/C=C/CCCCO[C@@H]3CCCC[C@H]32)cc1. The van der Waals surface area contributed by atoms with Gasteiger partial charge < -0.3 is 4.74 Å². The Bertz CT molecular complexity index is 681. The van der Waals surface area contributed by atoms with Crippen LogP contribution < -0.4 is 0 Å². The summed E-state index contributed by atoms with van der Waals surface area (Å²) >= 11 is 0. The van der Waals surface area contributed by atoms with Crippen molar-refractivity contribution >= 4 is 10.0 Å². The third-order valence-electron chi connectivity index (χ3n) is 5.21. The van der Waals surface area contributed by atoms with Crippen LogP contribution in [0.2, 0.25) is 0 Å². The number of rotatable bonds is 2. The Morgan fingerprint density at radius 1 is 1.00 bits per heavy atom. The van der Waals surface area contributed by atoms with E-state index >= 15 is 0 Å². The lowest BCUT2D eigenvalue weighted by molar-refractivity contribution is -0.0145. The normalized spacial score (nSPS) is 27.9. The molecule has 0 aromatic heterocycles. The standard InChI is InChI=1S/C20H29NO3S/c1-17-11-13-18(14-12-17)25(22,23)21-15-7-3-2-4-8-16-24-20-10-6-5-9-19(20)21/h3,7,11-14,19-20H,2,4-6,8-10,15-16H2,1H3/b7-3+/t19-,20-/m1/s1. The average Bonchev–Trinajstić information content (AvgIpc) is 2.65. The summed E-state index contributed by atoms with van der Waals surface area (Å²) in [5.41, 5.74) is 1.06. The molecule has 2 atom stereocenters. The molecule has 0 unspecified atom stereocenters. The first-order chi connectivity index (χ1) is 12.1. The van der Waals surface area contributed by atoms with Gasteiger partial charge in [-0.15, -0.1) is 0 Å². The number of fused-ring (bicyclic) bond motifs is 1. The lowest BCUT2D eigenvalue weighted by atomic mass is 9.92. The average molecular weight is 364 g/mol. The quantitative estimate of drug-likeness (QED) is 0.745. The zero-order chi connectivity index (χ0) is 17.7. The molecule has 1 fully saturated rings. The summed E-state index contributed by atoms with van der Waals surface area (Å²) in [5.74, 6) is 0. The Morgan fingerprint density at radius 3 is 2.56 bits per heavy atom. The van der Waals surface area contributed by atoms with Crippen LogP contribution in [-0.2, 0) is 14.8 Å². The fourth-order valence-electron chi connectivity index (χ4n) is 3.75.